The predicted octanol–water partition coefficient (Wildman–Crippen LogP) is 0.643. The van der Waals surface area contributed by atoms with E-state index in [0.29, 0.717) is 19.7 Å². The van der Waals surface area contributed by atoms with Crippen LogP contribution in [0.2, 0.25) is 0 Å². The molecule has 90 valence electrons. The van der Waals surface area contributed by atoms with E-state index in [4.69, 9.17) is 4.74 Å². The molecule has 1 rings (SSSR count). The number of amides is 1. The molecular formula is C11H18N2O2S. The summed E-state index contributed by atoms with van der Waals surface area (Å²) in [6, 6.07) is 2.10. The first-order valence-corrected chi connectivity index (χ1v) is 6.24. The molecule has 0 fully saturated rings. The molecule has 0 aliphatic rings. The topological polar surface area (TPSA) is 50.4 Å². The van der Waals surface area contributed by atoms with Gasteiger partial charge in [0.2, 0.25) is 5.91 Å². The average Bonchev–Trinajstić information content (AvgIpc) is 2.78. The van der Waals surface area contributed by atoms with Gasteiger partial charge < -0.3 is 15.4 Å². The number of carbonyl (C=O) groups is 1. The number of ether oxygens (including phenoxy) is 1. The normalized spacial score (nSPS) is 10.3. The van der Waals surface area contributed by atoms with Gasteiger partial charge in [-0.05, 0) is 35.4 Å². The Morgan fingerprint density at radius 2 is 2.38 bits per heavy atom. The summed E-state index contributed by atoms with van der Waals surface area (Å²) in [5, 5.41) is 10.0. The maximum atomic E-state index is 11.3. The molecule has 0 aromatic carbocycles. The molecule has 0 radical (unpaired) electrons. The lowest BCUT2D eigenvalue weighted by molar-refractivity contribution is -0.120. The first-order valence-electron chi connectivity index (χ1n) is 5.30. The molecule has 0 spiro atoms. The van der Waals surface area contributed by atoms with Crippen molar-refractivity contribution < 1.29 is 9.53 Å². The van der Waals surface area contributed by atoms with Crippen LogP contribution in [-0.4, -0.2) is 39.3 Å². The second-order valence-corrected chi connectivity index (χ2v) is 4.18. The minimum atomic E-state index is 0.0161. The van der Waals surface area contributed by atoms with Crippen molar-refractivity contribution in [1.29, 1.82) is 0 Å². The lowest BCUT2D eigenvalue weighted by atomic mass is 10.2. The molecule has 4 nitrogen and oxygen atoms in total. The van der Waals surface area contributed by atoms with Crippen molar-refractivity contribution in [3.63, 3.8) is 0 Å². The van der Waals surface area contributed by atoms with Gasteiger partial charge in [0.05, 0.1) is 13.2 Å². The van der Waals surface area contributed by atoms with Crippen molar-refractivity contribution in [2.24, 2.45) is 0 Å². The van der Waals surface area contributed by atoms with Gasteiger partial charge in [-0.15, -0.1) is 0 Å². The highest BCUT2D eigenvalue weighted by molar-refractivity contribution is 7.07. The van der Waals surface area contributed by atoms with Crippen LogP contribution in [-0.2, 0) is 16.0 Å². The third-order valence-electron chi connectivity index (χ3n) is 2.08. The Morgan fingerprint density at radius 3 is 3.06 bits per heavy atom. The van der Waals surface area contributed by atoms with E-state index in [9.17, 15) is 4.79 Å². The first kappa shape index (κ1) is 13.2. The van der Waals surface area contributed by atoms with Gasteiger partial charge in [-0.2, -0.15) is 11.3 Å². The SMILES string of the molecule is COCCNC(=O)CNCCc1ccsc1. The molecule has 0 aliphatic carbocycles. The van der Waals surface area contributed by atoms with Crippen LogP contribution in [0.5, 0.6) is 0 Å². The zero-order valence-corrected chi connectivity index (χ0v) is 10.3. The van der Waals surface area contributed by atoms with E-state index in [2.05, 4.69) is 27.5 Å². The van der Waals surface area contributed by atoms with Crippen molar-refractivity contribution in [2.45, 2.75) is 6.42 Å². The molecule has 16 heavy (non-hydrogen) atoms. The maximum absolute atomic E-state index is 11.3. The number of carbonyl (C=O) groups excluding carboxylic acids is 1. The molecule has 0 aliphatic heterocycles. The summed E-state index contributed by atoms with van der Waals surface area (Å²) in [7, 11) is 1.62. The lowest BCUT2D eigenvalue weighted by Crippen LogP contribution is -2.36. The second-order valence-electron chi connectivity index (χ2n) is 3.40. The van der Waals surface area contributed by atoms with Crippen molar-refractivity contribution in [3.05, 3.63) is 22.4 Å². The molecule has 0 bridgehead atoms. The van der Waals surface area contributed by atoms with Crippen molar-refractivity contribution >= 4 is 17.2 Å². The zero-order chi connectivity index (χ0) is 11.6. The van der Waals surface area contributed by atoms with E-state index in [1.807, 2.05) is 0 Å². The fraction of sp³-hybridized carbons (Fsp3) is 0.545. The van der Waals surface area contributed by atoms with Gasteiger partial charge in [0.1, 0.15) is 0 Å². The molecule has 5 heteroatoms. The molecule has 1 amide bonds. The predicted molar refractivity (Wildman–Crippen MR) is 65.8 cm³/mol. The summed E-state index contributed by atoms with van der Waals surface area (Å²) in [4.78, 5) is 11.3. The molecule has 1 aromatic heterocycles. The van der Waals surface area contributed by atoms with E-state index < -0.39 is 0 Å². The van der Waals surface area contributed by atoms with Crippen LogP contribution in [0.25, 0.3) is 0 Å². The van der Waals surface area contributed by atoms with Gasteiger partial charge in [-0.1, -0.05) is 0 Å². The molecule has 2 N–H and O–H groups in total. The number of thiophene rings is 1. The fourth-order valence-electron chi connectivity index (χ4n) is 1.22. The molecule has 1 aromatic rings. The first-order chi connectivity index (χ1) is 7.83. The molecule has 0 atom stereocenters. The fourth-order valence-corrected chi connectivity index (χ4v) is 1.93. The van der Waals surface area contributed by atoms with E-state index in [-0.39, 0.29) is 5.91 Å². The van der Waals surface area contributed by atoms with Crippen LogP contribution in [0.1, 0.15) is 5.56 Å². The number of rotatable bonds is 8. The highest BCUT2D eigenvalue weighted by Gasteiger charge is 1.99. The highest BCUT2D eigenvalue weighted by atomic mass is 32.1. The van der Waals surface area contributed by atoms with E-state index in [1.165, 1.54) is 5.56 Å². The largest absolute Gasteiger partial charge is 0.383 e. The highest BCUT2D eigenvalue weighted by Crippen LogP contribution is 2.05. The van der Waals surface area contributed by atoms with Gasteiger partial charge >= 0.3 is 0 Å². The van der Waals surface area contributed by atoms with E-state index in [0.717, 1.165) is 13.0 Å². The van der Waals surface area contributed by atoms with Crippen LogP contribution >= 0.6 is 11.3 Å². The van der Waals surface area contributed by atoms with Crippen LogP contribution in [0, 0.1) is 0 Å². The number of methoxy groups -OCH3 is 1. The molecule has 1 heterocycles. The Balaban J connectivity index is 1.96. The Bertz CT molecular complexity index is 288. The van der Waals surface area contributed by atoms with Crippen LogP contribution < -0.4 is 10.6 Å². The molecule has 0 unspecified atom stereocenters. The summed E-state index contributed by atoms with van der Waals surface area (Å²) in [5.41, 5.74) is 1.32. The quantitative estimate of drug-likeness (QED) is 0.658. The summed E-state index contributed by atoms with van der Waals surface area (Å²) < 4.78 is 4.83. The Morgan fingerprint density at radius 1 is 1.50 bits per heavy atom. The Labute approximate surface area is 100 Å². The molecule has 0 saturated carbocycles. The van der Waals surface area contributed by atoms with Crippen LogP contribution in [0.15, 0.2) is 16.8 Å². The van der Waals surface area contributed by atoms with Crippen LogP contribution in [0.3, 0.4) is 0 Å². The van der Waals surface area contributed by atoms with E-state index in [1.54, 1.807) is 18.4 Å². The number of nitrogens with one attached hydrogen (secondary N) is 2. The van der Waals surface area contributed by atoms with E-state index >= 15 is 0 Å². The zero-order valence-electron chi connectivity index (χ0n) is 9.49. The van der Waals surface area contributed by atoms with Gasteiger partial charge in [0.15, 0.2) is 0 Å². The Hall–Kier alpha value is -0.910. The summed E-state index contributed by atoms with van der Waals surface area (Å²) in [6.45, 7) is 2.32. The van der Waals surface area contributed by atoms with Gasteiger partial charge in [0, 0.05) is 13.7 Å². The monoisotopic (exact) mass is 242 g/mol. The second kappa shape index (κ2) is 8.27. The summed E-state index contributed by atoms with van der Waals surface area (Å²) in [5.74, 6) is 0.0161. The number of hydrogen-bond donors (Lipinski definition) is 2. The van der Waals surface area contributed by atoms with Gasteiger partial charge in [-0.25, -0.2) is 0 Å². The summed E-state index contributed by atoms with van der Waals surface area (Å²) in [6.07, 6.45) is 0.967. The van der Waals surface area contributed by atoms with Gasteiger partial charge in [-0.3, -0.25) is 4.79 Å². The number of hydrogen-bond acceptors (Lipinski definition) is 4. The summed E-state index contributed by atoms with van der Waals surface area (Å²) >= 11 is 1.70. The van der Waals surface area contributed by atoms with Gasteiger partial charge in [0.25, 0.3) is 0 Å². The smallest absolute Gasteiger partial charge is 0.234 e. The van der Waals surface area contributed by atoms with Crippen molar-refractivity contribution in [1.82, 2.24) is 10.6 Å². The molecule has 0 saturated heterocycles. The third-order valence-corrected chi connectivity index (χ3v) is 2.82. The van der Waals surface area contributed by atoms with Crippen LogP contribution in [0.4, 0.5) is 0 Å². The Kier molecular flexibility index (Phi) is 6.80. The maximum Gasteiger partial charge on any atom is 0.234 e. The molecular weight excluding hydrogens is 224 g/mol. The third kappa shape index (κ3) is 5.85. The lowest BCUT2D eigenvalue weighted by Gasteiger charge is -2.05. The van der Waals surface area contributed by atoms with Crippen molar-refractivity contribution in [2.75, 3.05) is 33.4 Å². The standard InChI is InChI=1S/C11H18N2O2S/c1-15-6-5-13-11(14)8-12-4-2-10-3-7-16-9-10/h3,7,9,12H,2,4-6,8H2,1H3,(H,13,14). The minimum Gasteiger partial charge on any atom is -0.383 e. The minimum absolute atomic E-state index is 0.0161. The van der Waals surface area contributed by atoms with Crippen molar-refractivity contribution in [3.8, 4) is 0 Å². The average molecular weight is 242 g/mol.